The van der Waals surface area contributed by atoms with Crippen LogP contribution in [0.2, 0.25) is 0 Å². The second-order valence-electron chi connectivity index (χ2n) is 6.76. The highest BCUT2D eigenvalue weighted by Crippen LogP contribution is 2.26. The molecule has 120 valence electrons. The third-order valence-corrected chi connectivity index (χ3v) is 5.08. The molecule has 2 fully saturated rings. The summed E-state index contributed by atoms with van der Waals surface area (Å²) in [5.41, 5.74) is 0. The zero-order valence-electron chi connectivity index (χ0n) is 13.1. The summed E-state index contributed by atoms with van der Waals surface area (Å²) in [6, 6.07) is -0.283. The molecule has 0 saturated heterocycles. The molecule has 4 nitrogen and oxygen atoms in total. The number of hydrogen-bond donors (Lipinski definition) is 2. The van der Waals surface area contributed by atoms with E-state index >= 15 is 0 Å². The van der Waals surface area contributed by atoms with E-state index in [9.17, 15) is 9.59 Å². The first kappa shape index (κ1) is 16.5. The molecule has 0 unspecified atom stereocenters. The molecule has 0 spiro atoms. The van der Waals surface area contributed by atoms with Gasteiger partial charge in [0.25, 0.3) is 0 Å². The SMILES string of the molecule is O=C[C@@H](NC(=O)CNCC1CCCCC1)C1CCCCC1. The van der Waals surface area contributed by atoms with Crippen LogP contribution in [-0.2, 0) is 9.59 Å². The third kappa shape index (κ3) is 5.77. The molecule has 0 aromatic heterocycles. The lowest BCUT2D eigenvalue weighted by atomic mass is 9.84. The fourth-order valence-electron chi connectivity index (χ4n) is 3.77. The third-order valence-electron chi connectivity index (χ3n) is 5.08. The standard InChI is InChI=1S/C17H30N2O2/c20-13-16(15-9-5-2-6-10-15)19-17(21)12-18-11-14-7-3-1-4-8-14/h13-16,18H,1-12H2,(H,19,21)/t16-/m1/s1. The Morgan fingerprint density at radius 1 is 1.00 bits per heavy atom. The average molecular weight is 294 g/mol. The second-order valence-corrected chi connectivity index (χ2v) is 6.76. The van der Waals surface area contributed by atoms with Crippen LogP contribution < -0.4 is 10.6 Å². The van der Waals surface area contributed by atoms with Gasteiger partial charge in [0, 0.05) is 0 Å². The van der Waals surface area contributed by atoms with E-state index in [-0.39, 0.29) is 11.9 Å². The van der Waals surface area contributed by atoms with Gasteiger partial charge in [-0.05, 0) is 44.1 Å². The van der Waals surface area contributed by atoms with Crippen molar-refractivity contribution in [3.63, 3.8) is 0 Å². The van der Waals surface area contributed by atoms with Crippen LogP contribution in [0.25, 0.3) is 0 Å². The van der Waals surface area contributed by atoms with E-state index in [1.807, 2.05) is 0 Å². The van der Waals surface area contributed by atoms with Crippen molar-refractivity contribution < 1.29 is 9.59 Å². The zero-order chi connectivity index (χ0) is 14.9. The van der Waals surface area contributed by atoms with Crippen molar-refractivity contribution in [2.24, 2.45) is 11.8 Å². The summed E-state index contributed by atoms with van der Waals surface area (Å²) in [5.74, 6) is 1.04. The molecule has 21 heavy (non-hydrogen) atoms. The average Bonchev–Trinajstić information content (AvgIpc) is 2.54. The van der Waals surface area contributed by atoms with Crippen molar-refractivity contribution >= 4 is 12.2 Å². The van der Waals surface area contributed by atoms with E-state index in [1.165, 1.54) is 51.4 Å². The van der Waals surface area contributed by atoms with Crippen LogP contribution in [0.15, 0.2) is 0 Å². The van der Waals surface area contributed by atoms with Crippen molar-refractivity contribution in [1.82, 2.24) is 10.6 Å². The molecule has 0 aliphatic heterocycles. The van der Waals surface area contributed by atoms with Gasteiger partial charge in [-0.15, -0.1) is 0 Å². The van der Waals surface area contributed by atoms with Crippen molar-refractivity contribution in [2.75, 3.05) is 13.1 Å². The molecule has 2 N–H and O–H groups in total. The van der Waals surface area contributed by atoms with Crippen molar-refractivity contribution in [3.8, 4) is 0 Å². The topological polar surface area (TPSA) is 58.2 Å². The van der Waals surface area contributed by atoms with Gasteiger partial charge in [0.15, 0.2) is 0 Å². The van der Waals surface area contributed by atoms with Crippen LogP contribution in [-0.4, -0.2) is 31.3 Å². The number of aldehydes is 1. The molecule has 0 bridgehead atoms. The lowest BCUT2D eigenvalue weighted by molar-refractivity contribution is -0.124. The molecule has 0 aromatic rings. The first-order valence-electron chi connectivity index (χ1n) is 8.75. The Balaban J connectivity index is 1.63. The van der Waals surface area contributed by atoms with Crippen LogP contribution in [0.4, 0.5) is 0 Å². The van der Waals surface area contributed by atoms with Crippen molar-refractivity contribution in [1.29, 1.82) is 0 Å². The highest BCUT2D eigenvalue weighted by molar-refractivity contribution is 5.81. The van der Waals surface area contributed by atoms with Gasteiger partial charge < -0.3 is 15.4 Å². The number of carbonyl (C=O) groups excluding carboxylic acids is 2. The van der Waals surface area contributed by atoms with Gasteiger partial charge in [0.05, 0.1) is 12.6 Å². The van der Waals surface area contributed by atoms with Gasteiger partial charge in [-0.2, -0.15) is 0 Å². The summed E-state index contributed by atoms with van der Waals surface area (Å²) in [5, 5.41) is 6.16. The van der Waals surface area contributed by atoms with Crippen molar-refractivity contribution in [2.45, 2.75) is 70.3 Å². The molecule has 0 radical (unpaired) electrons. The smallest absolute Gasteiger partial charge is 0.234 e. The molecule has 4 heteroatoms. The van der Waals surface area contributed by atoms with Gasteiger partial charge in [-0.25, -0.2) is 0 Å². The minimum absolute atomic E-state index is 0.0338. The first-order chi connectivity index (χ1) is 10.3. The Bertz CT molecular complexity index is 321. The number of amides is 1. The summed E-state index contributed by atoms with van der Waals surface area (Å²) in [4.78, 5) is 23.2. The van der Waals surface area contributed by atoms with Crippen LogP contribution in [0, 0.1) is 11.8 Å². The largest absolute Gasteiger partial charge is 0.345 e. The highest BCUT2D eigenvalue weighted by Gasteiger charge is 2.24. The van der Waals surface area contributed by atoms with E-state index in [2.05, 4.69) is 10.6 Å². The van der Waals surface area contributed by atoms with Crippen LogP contribution in [0.5, 0.6) is 0 Å². The lowest BCUT2D eigenvalue weighted by Gasteiger charge is -2.27. The fraction of sp³-hybridized carbons (Fsp3) is 0.882. The second kappa shape index (κ2) is 9.19. The Morgan fingerprint density at radius 2 is 1.62 bits per heavy atom. The minimum Gasteiger partial charge on any atom is -0.345 e. The molecule has 1 atom stereocenters. The van der Waals surface area contributed by atoms with Gasteiger partial charge in [-0.3, -0.25) is 4.79 Å². The first-order valence-corrected chi connectivity index (χ1v) is 8.75. The number of rotatable bonds is 7. The van der Waals surface area contributed by atoms with E-state index < -0.39 is 0 Å². The maximum atomic E-state index is 12.0. The predicted molar refractivity (Wildman–Crippen MR) is 84.0 cm³/mol. The molecule has 0 aromatic carbocycles. The van der Waals surface area contributed by atoms with Gasteiger partial charge in [0.2, 0.25) is 5.91 Å². The monoisotopic (exact) mass is 294 g/mol. The van der Waals surface area contributed by atoms with Crippen LogP contribution in [0.1, 0.15) is 64.2 Å². The summed E-state index contributed by atoms with van der Waals surface area (Å²) >= 11 is 0. The summed E-state index contributed by atoms with van der Waals surface area (Å²) in [6.07, 6.45) is 13.3. The summed E-state index contributed by atoms with van der Waals surface area (Å²) in [6.45, 7) is 1.27. The zero-order valence-corrected chi connectivity index (χ0v) is 13.1. The Morgan fingerprint density at radius 3 is 2.24 bits per heavy atom. The Hall–Kier alpha value is -0.900. The Kier molecular flexibility index (Phi) is 7.20. The van der Waals surface area contributed by atoms with Gasteiger partial charge in [0.1, 0.15) is 6.29 Å². The molecule has 0 heterocycles. The normalized spacial score (nSPS) is 22.7. The molecular weight excluding hydrogens is 264 g/mol. The van der Waals surface area contributed by atoms with E-state index in [4.69, 9.17) is 0 Å². The molecule has 2 saturated carbocycles. The lowest BCUT2D eigenvalue weighted by Crippen LogP contribution is -2.46. The molecule has 1 amide bonds. The van der Waals surface area contributed by atoms with Gasteiger partial charge in [-0.1, -0.05) is 38.5 Å². The van der Waals surface area contributed by atoms with E-state index in [0.29, 0.717) is 12.5 Å². The van der Waals surface area contributed by atoms with Crippen molar-refractivity contribution in [3.05, 3.63) is 0 Å². The molecular formula is C17H30N2O2. The highest BCUT2D eigenvalue weighted by atomic mass is 16.2. The quantitative estimate of drug-likeness (QED) is 0.709. The van der Waals surface area contributed by atoms with E-state index in [0.717, 1.165) is 31.6 Å². The maximum Gasteiger partial charge on any atom is 0.234 e. The summed E-state index contributed by atoms with van der Waals surface area (Å²) < 4.78 is 0. The summed E-state index contributed by atoms with van der Waals surface area (Å²) in [7, 11) is 0. The molecule has 2 aliphatic rings. The van der Waals surface area contributed by atoms with Crippen LogP contribution >= 0.6 is 0 Å². The van der Waals surface area contributed by atoms with E-state index in [1.54, 1.807) is 0 Å². The predicted octanol–water partition coefficient (Wildman–Crippen LogP) is 2.42. The number of hydrogen-bond acceptors (Lipinski definition) is 3. The van der Waals surface area contributed by atoms with Crippen LogP contribution in [0.3, 0.4) is 0 Å². The minimum atomic E-state index is -0.283. The maximum absolute atomic E-state index is 12.0. The number of nitrogens with one attached hydrogen (secondary N) is 2. The molecule has 2 aliphatic carbocycles. The van der Waals surface area contributed by atoms with Gasteiger partial charge >= 0.3 is 0 Å². The molecule has 2 rings (SSSR count). The number of carbonyl (C=O) groups is 2. The Labute approximate surface area is 128 Å². The fourth-order valence-corrected chi connectivity index (χ4v) is 3.77.